The maximum Gasteiger partial charge on any atom is 0.324 e. The van der Waals surface area contributed by atoms with Gasteiger partial charge >= 0.3 is 5.97 Å². The summed E-state index contributed by atoms with van der Waals surface area (Å²) in [6, 6.07) is 9.75. The quantitative estimate of drug-likeness (QED) is 0.477. The van der Waals surface area contributed by atoms with Gasteiger partial charge in [0.15, 0.2) is 0 Å². The highest BCUT2D eigenvalue weighted by Crippen LogP contribution is 2.01. The first-order valence-electron chi connectivity index (χ1n) is 7.96. The number of nitrogens with zero attached hydrogens (tertiary/aromatic N) is 1. The minimum absolute atomic E-state index is 0.0273. The molecule has 1 rings (SSSR count). The summed E-state index contributed by atoms with van der Waals surface area (Å²) >= 11 is 0. The fourth-order valence-electron chi connectivity index (χ4n) is 1.99. The van der Waals surface area contributed by atoms with E-state index in [9.17, 15) is 9.59 Å². The highest BCUT2D eigenvalue weighted by atomic mass is 16.7. The van der Waals surface area contributed by atoms with Crippen LogP contribution >= 0.6 is 0 Å². The molecule has 0 unspecified atom stereocenters. The number of hydrogen-bond acceptors (Lipinski definition) is 5. The van der Waals surface area contributed by atoms with Crippen LogP contribution in [0.15, 0.2) is 30.3 Å². The van der Waals surface area contributed by atoms with Crippen LogP contribution in [0.5, 0.6) is 0 Å². The number of hydrogen-bond donors (Lipinski definition) is 2. The van der Waals surface area contributed by atoms with E-state index in [1.54, 1.807) is 0 Å². The molecule has 0 aromatic heterocycles. The largest absolute Gasteiger partial charge is 0.370 e. The fraction of sp³-hybridized carbons (Fsp3) is 0.529. The van der Waals surface area contributed by atoms with E-state index in [1.165, 1.54) is 0 Å². The normalized spacial score (nSPS) is 10.6. The Labute approximate surface area is 138 Å². The van der Waals surface area contributed by atoms with E-state index in [-0.39, 0.29) is 11.9 Å². The monoisotopic (exact) mass is 321 g/mol. The van der Waals surface area contributed by atoms with Gasteiger partial charge in [-0.25, -0.2) is 0 Å². The molecule has 0 saturated carbocycles. The highest BCUT2D eigenvalue weighted by Gasteiger charge is 2.04. The predicted octanol–water partition coefficient (Wildman–Crippen LogP) is 1.47. The first-order chi connectivity index (χ1) is 11.1. The first kappa shape index (κ1) is 19.1. The molecule has 1 aromatic carbocycles. The van der Waals surface area contributed by atoms with E-state index >= 15 is 0 Å². The van der Waals surface area contributed by atoms with E-state index in [0.29, 0.717) is 26.1 Å². The molecular formula is C17H27N3O3. The number of rotatable bonds is 11. The van der Waals surface area contributed by atoms with Crippen LogP contribution in [-0.2, 0) is 21.0 Å². The van der Waals surface area contributed by atoms with Crippen molar-refractivity contribution >= 4 is 11.9 Å². The van der Waals surface area contributed by atoms with Crippen LogP contribution in [0.4, 0.5) is 0 Å². The third-order valence-electron chi connectivity index (χ3n) is 3.14. The number of benzene rings is 1. The van der Waals surface area contributed by atoms with E-state index in [2.05, 4.69) is 10.8 Å². The Balaban J connectivity index is 1.95. The Morgan fingerprint density at radius 1 is 1.09 bits per heavy atom. The minimum atomic E-state index is -0.252. The fourth-order valence-corrected chi connectivity index (χ4v) is 1.99. The number of likely N-dealkylation sites (N-methyl/N-ethyl adjacent to an activating group) is 1. The van der Waals surface area contributed by atoms with E-state index in [4.69, 9.17) is 4.84 Å². The molecule has 0 bridgehead atoms. The van der Waals surface area contributed by atoms with Crippen molar-refractivity contribution in [3.8, 4) is 0 Å². The van der Waals surface area contributed by atoms with Crippen LogP contribution in [0.3, 0.4) is 0 Å². The van der Waals surface area contributed by atoms with Gasteiger partial charge in [0.25, 0.3) is 0 Å². The molecule has 2 N–H and O–H groups in total. The molecule has 1 amide bonds. The van der Waals surface area contributed by atoms with Crippen LogP contribution in [0.1, 0.15) is 31.2 Å². The lowest BCUT2D eigenvalue weighted by molar-refractivity contribution is -0.151. The second-order valence-electron chi connectivity index (χ2n) is 5.68. The molecule has 0 atom stereocenters. The van der Waals surface area contributed by atoms with Gasteiger partial charge in [-0.1, -0.05) is 36.8 Å². The van der Waals surface area contributed by atoms with Gasteiger partial charge in [-0.15, -0.1) is 5.48 Å². The highest BCUT2D eigenvalue weighted by molar-refractivity contribution is 5.77. The van der Waals surface area contributed by atoms with Gasteiger partial charge in [0.05, 0.1) is 13.1 Å². The summed E-state index contributed by atoms with van der Waals surface area (Å²) in [7, 11) is 3.72. The second kappa shape index (κ2) is 11.6. The number of nitrogens with one attached hydrogen (secondary N) is 2. The van der Waals surface area contributed by atoms with E-state index < -0.39 is 0 Å². The summed E-state index contributed by atoms with van der Waals surface area (Å²) in [6.45, 7) is 1.55. The first-order valence-corrected chi connectivity index (χ1v) is 7.96. The lowest BCUT2D eigenvalue weighted by Gasteiger charge is -2.09. The Bertz CT molecular complexity index is 463. The molecule has 0 aliphatic carbocycles. The van der Waals surface area contributed by atoms with Gasteiger partial charge in [0.2, 0.25) is 5.91 Å². The van der Waals surface area contributed by atoms with Gasteiger partial charge in [-0.2, -0.15) is 0 Å². The summed E-state index contributed by atoms with van der Waals surface area (Å²) < 4.78 is 0. The third kappa shape index (κ3) is 10.4. The zero-order valence-corrected chi connectivity index (χ0v) is 14.0. The number of unbranched alkanes of at least 4 members (excludes halogenated alkanes) is 2. The molecule has 128 valence electrons. The number of hydroxylamine groups is 1. The van der Waals surface area contributed by atoms with Crippen LogP contribution < -0.4 is 10.8 Å². The molecule has 0 spiro atoms. The lowest BCUT2D eigenvalue weighted by Crippen LogP contribution is -2.33. The topological polar surface area (TPSA) is 70.7 Å². The predicted molar refractivity (Wildman–Crippen MR) is 89.4 cm³/mol. The molecule has 0 aliphatic heterocycles. The minimum Gasteiger partial charge on any atom is -0.370 e. The standard InChI is InChI=1S/C17H27N3O3/c1-20(2)14-16(21)18-12-8-4-7-11-17(22)23-19-13-15-9-5-3-6-10-15/h3,5-6,9-10,19H,4,7-8,11-14H2,1-2H3,(H,18,21). The Morgan fingerprint density at radius 2 is 1.83 bits per heavy atom. The summed E-state index contributed by atoms with van der Waals surface area (Å²) in [5.41, 5.74) is 3.74. The molecule has 0 fully saturated rings. The summed E-state index contributed by atoms with van der Waals surface area (Å²) in [5.74, 6) is -0.225. The average Bonchev–Trinajstić information content (AvgIpc) is 2.51. The Morgan fingerprint density at radius 3 is 2.52 bits per heavy atom. The Kier molecular flexibility index (Phi) is 9.66. The van der Waals surface area contributed by atoms with Gasteiger partial charge in [-0.3, -0.25) is 9.59 Å². The van der Waals surface area contributed by atoms with E-state index in [0.717, 1.165) is 24.8 Å². The maximum absolute atomic E-state index is 11.5. The van der Waals surface area contributed by atoms with Crippen molar-refractivity contribution in [1.29, 1.82) is 0 Å². The van der Waals surface area contributed by atoms with E-state index in [1.807, 2.05) is 49.3 Å². The smallest absolute Gasteiger partial charge is 0.324 e. The zero-order chi connectivity index (χ0) is 16.9. The van der Waals surface area contributed by atoms with Gasteiger partial charge in [0.1, 0.15) is 0 Å². The van der Waals surface area contributed by atoms with Crippen molar-refractivity contribution < 1.29 is 14.4 Å². The molecule has 6 heteroatoms. The lowest BCUT2D eigenvalue weighted by atomic mass is 10.2. The zero-order valence-electron chi connectivity index (χ0n) is 14.0. The summed E-state index contributed by atoms with van der Waals surface area (Å²) in [4.78, 5) is 29.7. The van der Waals surface area contributed by atoms with Crippen molar-refractivity contribution in [3.63, 3.8) is 0 Å². The SMILES string of the molecule is CN(C)CC(=O)NCCCCCC(=O)ONCc1ccccc1. The number of carbonyl (C=O) groups excluding carboxylic acids is 2. The molecule has 0 aliphatic rings. The molecule has 0 heterocycles. The van der Waals surface area contributed by atoms with Crippen molar-refractivity contribution in [2.45, 2.75) is 32.2 Å². The summed E-state index contributed by atoms with van der Waals surface area (Å²) in [6.07, 6.45) is 2.89. The van der Waals surface area contributed by atoms with Crippen molar-refractivity contribution in [3.05, 3.63) is 35.9 Å². The summed E-state index contributed by atoms with van der Waals surface area (Å²) in [5, 5.41) is 2.85. The Hall–Kier alpha value is -1.92. The number of carbonyl (C=O) groups is 2. The molecular weight excluding hydrogens is 294 g/mol. The molecule has 0 radical (unpaired) electrons. The molecule has 1 aromatic rings. The van der Waals surface area contributed by atoms with Crippen molar-refractivity contribution in [2.75, 3.05) is 27.2 Å². The van der Waals surface area contributed by atoms with Crippen LogP contribution in [0.2, 0.25) is 0 Å². The van der Waals surface area contributed by atoms with Gasteiger partial charge in [-0.05, 0) is 32.5 Å². The van der Waals surface area contributed by atoms with Crippen molar-refractivity contribution in [1.82, 2.24) is 15.7 Å². The average molecular weight is 321 g/mol. The molecule has 6 nitrogen and oxygen atoms in total. The number of amides is 1. The van der Waals surface area contributed by atoms with Crippen LogP contribution in [0, 0.1) is 0 Å². The van der Waals surface area contributed by atoms with Gasteiger partial charge in [0, 0.05) is 13.0 Å². The maximum atomic E-state index is 11.5. The third-order valence-corrected chi connectivity index (χ3v) is 3.14. The molecule has 0 saturated heterocycles. The van der Waals surface area contributed by atoms with Crippen LogP contribution in [-0.4, -0.2) is 44.0 Å². The van der Waals surface area contributed by atoms with Crippen LogP contribution in [0.25, 0.3) is 0 Å². The van der Waals surface area contributed by atoms with Gasteiger partial charge < -0.3 is 15.1 Å². The van der Waals surface area contributed by atoms with Crippen molar-refractivity contribution in [2.24, 2.45) is 0 Å². The molecule has 23 heavy (non-hydrogen) atoms. The second-order valence-corrected chi connectivity index (χ2v) is 5.68.